The minimum absolute atomic E-state index is 0.00641. The zero-order valence-corrected chi connectivity index (χ0v) is 49.6. The molecule has 6 heteroatoms. The topological polar surface area (TPSA) is 95.9 Å². The molecule has 2 unspecified atom stereocenters. The van der Waals surface area contributed by atoms with E-state index in [0.29, 0.717) is 19.4 Å². The summed E-state index contributed by atoms with van der Waals surface area (Å²) < 4.78 is 5.48. The molecule has 0 saturated heterocycles. The molecule has 0 aromatic heterocycles. The summed E-state index contributed by atoms with van der Waals surface area (Å²) in [6, 6.07) is -0.636. The second-order valence-electron chi connectivity index (χ2n) is 22.4. The zero-order chi connectivity index (χ0) is 53.6. The molecule has 0 aromatic rings. The second kappa shape index (κ2) is 63.4. The number of carbonyl (C=O) groups is 2. The van der Waals surface area contributed by atoms with Crippen LogP contribution in [0.15, 0.2) is 48.6 Å². The molecule has 0 spiro atoms. The summed E-state index contributed by atoms with van der Waals surface area (Å²) in [6.07, 6.45) is 81.6. The van der Waals surface area contributed by atoms with Crippen molar-refractivity contribution in [1.82, 2.24) is 5.32 Å². The fourth-order valence-electron chi connectivity index (χ4n) is 10.0. The van der Waals surface area contributed by atoms with Crippen molar-refractivity contribution in [3.05, 3.63) is 48.6 Å². The van der Waals surface area contributed by atoms with Crippen LogP contribution in [-0.2, 0) is 14.3 Å². The lowest BCUT2D eigenvalue weighted by Crippen LogP contribution is -2.45. The van der Waals surface area contributed by atoms with Gasteiger partial charge in [-0.05, 0) is 89.9 Å². The third-order valence-corrected chi connectivity index (χ3v) is 15.1. The van der Waals surface area contributed by atoms with Crippen LogP contribution in [-0.4, -0.2) is 47.4 Å². The highest BCUT2D eigenvalue weighted by molar-refractivity contribution is 5.76. The van der Waals surface area contributed by atoms with E-state index in [-0.39, 0.29) is 18.5 Å². The highest BCUT2D eigenvalue weighted by atomic mass is 16.5. The first-order valence-electron chi connectivity index (χ1n) is 32.9. The van der Waals surface area contributed by atoms with Gasteiger partial charge >= 0.3 is 5.97 Å². The van der Waals surface area contributed by atoms with Gasteiger partial charge in [-0.15, -0.1) is 0 Å². The number of aliphatic hydroxyl groups is 2. The number of hydrogen-bond acceptors (Lipinski definition) is 5. The predicted molar refractivity (Wildman–Crippen MR) is 324 cm³/mol. The lowest BCUT2D eigenvalue weighted by molar-refractivity contribution is -0.143. The van der Waals surface area contributed by atoms with Gasteiger partial charge < -0.3 is 20.3 Å². The van der Waals surface area contributed by atoms with Gasteiger partial charge in [-0.1, -0.05) is 294 Å². The number of allylic oxidation sites excluding steroid dienone is 7. The fraction of sp³-hybridized carbons (Fsp3) is 0.853. The second-order valence-corrected chi connectivity index (χ2v) is 22.4. The Hall–Kier alpha value is -2.18. The van der Waals surface area contributed by atoms with E-state index in [0.717, 1.165) is 57.8 Å². The van der Waals surface area contributed by atoms with Crippen LogP contribution < -0.4 is 5.32 Å². The molecule has 2 atom stereocenters. The first kappa shape index (κ1) is 71.8. The Morgan fingerprint density at radius 1 is 0.378 bits per heavy atom. The maximum absolute atomic E-state index is 12.5. The fourth-order valence-corrected chi connectivity index (χ4v) is 10.0. The normalized spacial score (nSPS) is 12.9. The van der Waals surface area contributed by atoms with E-state index in [1.54, 1.807) is 6.08 Å². The van der Waals surface area contributed by atoms with Gasteiger partial charge in [0, 0.05) is 12.8 Å². The van der Waals surface area contributed by atoms with Crippen molar-refractivity contribution in [3.8, 4) is 0 Å². The van der Waals surface area contributed by atoms with Gasteiger partial charge in [0.05, 0.1) is 25.4 Å². The molecule has 6 nitrogen and oxygen atoms in total. The van der Waals surface area contributed by atoms with Crippen LogP contribution in [0.1, 0.15) is 348 Å². The van der Waals surface area contributed by atoms with Crippen molar-refractivity contribution >= 4 is 11.9 Å². The maximum Gasteiger partial charge on any atom is 0.305 e. The largest absolute Gasteiger partial charge is 0.466 e. The van der Waals surface area contributed by atoms with Crippen molar-refractivity contribution in [2.24, 2.45) is 0 Å². The van der Waals surface area contributed by atoms with Crippen LogP contribution >= 0.6 is 0 Å². The van der Waals surface area contributed by atoms with E-state index < -0.39 is 12.1 Å². The Kier molecular flexibility index (Phi) is 61.5. The molecule has 0 rings (SSSR count). The number of esters is 1. The van der Waals surface area contributed by atoms with Crippen LogP contribution in [0.5, 0.6) is 0 Å². The summed E-state index contributed by atoms with van der Waals surface area (Å²) in [5, 5.41) is 23.2. The van der Waals surface area contributed by atoms with E-state index in [2.05, 4.69) is 55.6 Å². The standard InChI is InChI=1S/C68H127NO5/c1-3-5-7-9-11-13-15-17-19-20-21-23-26-29-33-36-40-44-48-52-56-60-66(71)65(64-70)69-67(72)61-57-53-49-45-41-37-34-30-27-24-22-25-28-31-35-39-43-47-51-55-59-63-74-68(73)62-58-54-50-46-42-38-32-18-16-14-12-10-8-6-4-2/h12,14,18,24,27,32,56,60,65-66,70-71H,3-11,13,15-17,19-23,25-26,28-31,33-55,57-59,61-64H2,1-2H3,(H,69,72)/b14-12-,27-24-,32-18-,60-56+. The lowest BCUT2D eigenvalue weighted by Gasteiger charge is -2.20. The molecule has 0 aliphatic heterocycles. The predicted octanol–water partition coefficient (Wildman–Crippen LogP) is 20.9. The molecular weight excluding hydrogens is 911 g/mol. The van der Waals surface area contributed by atoms with Gasteiger partial charge in [0.2, 0.25) is 5.91 Å². The van der Waals surface area contributed by atoms with E-state index in [1.807, 2.05) is 6.08 Å². The van der Waals surface area contributed by atoms with Crippen LogP contribution in [0.4, 0.5) is 0 Å². The van der Waals surface area contributed by atoms with Crippen molar-refractivity contribution in [2.45, 2.75) is 360 Å². The van der Waals surface area contributed by atoms with Crippen molar-refractivity contribution < 1.29 is 24.5 Å². The van der Waals surface area contributed by atoms with Gasteiger partial charge in [0.25, 0.3) is 0 Å². The molecule has 434 valence electrons. The minimum atomic E-state index is -0.851. The minimum Gasteiger partial charge on any atom is -0.466 e. The third-order valence-electron chi connectivity index (χ3n) is 15.1. The molecule has 0 saturated carbocycles. The molecule has 0 aliphatic rings. The molecule has 3 N–H and O–H groups in total. The highest BCUT2D eigenvalue weighted by Crippen LogP contribution is 2.17. The smallest absolute Gasteiger partial charge is 0.305 e. The Morgan fingerprint density at radius 2 is 0.676 bits per heavy atom. The number of aliphatic hydroxyl groups excluding tert-OH is 2. The van der Waals surface area contributed by atoms with Crippen LogP contribution in [0.2, 0.25) is 0 Å². The Balaban J connectivity index is 3.46. The van der Waals surface area contributed by atoms with E-state index in [1.165, 1.54) is 263 Å². The van der Waals surface area contributed by atoms with Gasteiger partial charge in [-0.2, -0.15) is 0 Å². The quantitative estimate of drug-likeness (QED) is 0.0320. The number of hydrogen-bond donors (Lipinski definition) is 3. The summed E-state index contributed by atoms with van der Waals surface area (Å²) in [4.78, 5) is 24.6. The number of ether oxygens (including phenoxy) is 1. The van der Waals surface area contributed by atoms with Crippen molar-refractivity contribution in [1.29, 1.82) is 0 Å². The van der Waals surface area contributed by atoms with E-state index in [9.17, 15) is 19.8 Å². The molecule has 0 radical (unpaired) electrons. The first-order valence-corrected chi connectivity index (χ1v) is 32.9. The maximum atomic E-state index is 12.5. The van der Waals surface area contributed by atoms with Crippen molar-refractivity contribution in [3.63, 3.8) is 0 Å². The summed E-state index contributed by atoms with van der Waals surface area (Å²) in [5.41, 5.74) is 0. The molecule has 0 aliphatic carbocycles. The van der Waals surface area contributed by atoms with Gasteiger partial charge in [-0.25, -0.2) is 0 Å². The molecule has 0 fully saturated rings. The summed E-state index contributed by atoms with van der Waals surface area (Å²) >= 11 is 0. The van der Waals surface area contributed by atoms with E-state index in [4.69, 9.17) is 4.74 Å². The van der Waals surface area contributed by atoms with Gasteiger partial charge in [0.1, 0.15) is 0 Å². The third kappa shape index (κ3) is 59.1. The summed E-state index contributed by atoms with van der Waals surface area (Å²) in [7, 11) is 0. The number of amides is 1. The molecule has 74 heavy (non-hydrogen) atoms. The Labute approximate surface area is 461 Å². The summed E-state index contributed by atoms with van der Waals surface area (Å²) in [5.74, 6) is -0.0801. The number of unbranched alkanes of at least 4 members (excludes halogenated alkanes) is 44. The number of carbonyl (C=O) groups excluding carboxylic acids is 2. The van der Waals surface area contributed by atoms with Crippen LogP contribution in [0, 0.1) is 0 Å². The monoisotopic (exact) mass is 1040 g/mol. The van der Waals surface area contributed by atoms with Gasteiger partial charge in [0.15, 0.2) is 0 Å². The molecule has 0 bridgehead atoms. The zero-order valence-electron chi connectivity index (χ0n) is 49.6. The molecule has 1 amide bonds. The van der Waals surface area contributed by atoms with Crippen LogP contribution in [0.3, 0.4) is 0 Å². The molecule has 0 heterocycles. The molecular formula is C68H127NO5. The number of nitrogens with one attached hydrogen (secondary N) is 1. The average molecular weight is 1040 g/mol. The van der Waals surface area contributed by atoms with Crippen LogP contribution in [0.25, 0.3) is 0 Å². The molecule has 0 aromatic carbocycles. The Bertz CT molecular complexity index is 1240. The Morgan fingerprint density at radius 3 is 1.07 bits per heavy atom. The summed E-state index contributed by atoms with van der Waals surface area (Å²) in [6.45, 7) is 4.88. The van der Waals surface area contributed by atoms with Crippen molar-refractivity contribution in [2.75, 3.05) is 13.2 Å². The van der Waals surface area contributed by atoms with Gasteiger partial charge in [-0.3, -0.25) is 9.59 Å². The highest BCUT2D eigenvalue weighted by Gasteiger charge is 2.18. The average Bonchev–Trinajstić information content (AvgIpc) is 3.40. The SMILES string of the molecule is CCCCC/C=C\C/C=C\CCCCCCCC(=O)OCCCCCCCCCCCC/C=C\CCCCCCCCCC(=O)NC(CO)C(O)/C=C/CCCCCCCCCCCCCCCCCCCCC. The number of rotatable bonds is 61. The van der Waals surface area contributed by atoms with E-state index >= 15 is 0 Å². The lowest BCUT2D eigenvalue weighted by atomic mass is 10.0. The first-order chi connectivity index (χ1) is 36.5.